The first-order valence-corrected chi connectivity index (χ1v) is 12.8. The van der Waals surface area contributed by atoms with Crippen molar-refractivity contribution in [1.82, 2.24) is 9.55 Å². The highest BCUT2D eigenvalue weighted by Gasteiger charge is 2.26. The van der Waals surface area contributed by atoms with Crippen LogP contribution in [0.5, 0.6) is 0 Å². The van der Waals surface area contributed by atoms with Crippen LogP contribution < -0.4 is 16.6 Å². The van der Waals surface area contributed by atoms with Crippen LogP contribution in [0.2, 0.25) is 0 Å². The third kappa shape index (κ3) is 4.42. The maximum Gasteiger partial charge on any atom is 0.262 e. The second-order valence-corrected chi connectivity index (χ2v) is 10.3. The van der Waals surface area contributed by atoms with Crippen LogP contribution in [0.1, 0.15) is 40.1 Å². The van der Waals surface area contributed by atoms with Crippen molar-refractivity contribution in [2.45, 2.75) is 49.9 Å². The number of benzene rings is 1. The summed E-state index contributed by atoms with van der Waals surface area (Å²) in [6.45, 7) is 1.10. The van der Waals surface area contributed by atoms with Crippen LogP contribution in [0, 0.1) is 0 Å². The predicted octanol–water partition coefficient (Wildman–Crippen LogP) is 2.96. The normalized spacial score (nSPS) is 17.4. The van der Waals surface area contributed by atoms with Gasteiger partial charge >= 0.3 is 0 Å². The van der Waals surface area contributed by atoms with Gasteiger partial charge in [0.15, 0.2) is 5.16 Å². The number of hydrogen-bond acceptors (Lipinski definition) is 7. The Kier molecular flexibility index (Phi) is 6.22. The third-order valence-electron chi connectivity index (χ3n) is 5.99. The van der Waals surface area contributed by atoms with E-state index in [0.29, 0.717) is 39.8 Å². The van der Waals surface area contributed by atoms with Gasteiger partial charge in [0, 0.05) is 11.5 Å². The molecule has 1 aliphatic carbocycles. The Bertz CT molecular complexity index is 1290. The number of fused-ring (bicyclic) bond motifs is 2. The van der Waals surface area contributed by atoms with E-state index in [1.807, 2.05) is 12.1 Å². The standard InChI is InChI=1S/C23H24N4O4S2/c24-20(29)19-15-7-3-9-17(15)33-21(19)26-18(28)12-32-23-25-16-8-2-1-6-14(16)22(30)27(23)11-13-5-4-10-31-13/h1-2,6,8,13H,3-5,7,9-12H2,(H2,24,29)(H,26,28). The molecule has 1 fully saturated rings. The van der Waals surface area contributed by atoms with E-state index in [1.165, 1.54) is 23.1 Å². The van der Waals surface area contributed by atoms with Crippen molar-refractivity contribution in [2.24, 2.45) is 5.73 Å². The van der Waals surface area contributed by atoms with Crippen molar-refractivity contribution >= 4 is 50.8 Å². The second-order valence-electron chi connectivity index (χ2n) is 8.22. The van der Waals surface area contributed by atoms with Crippen molar-refractivity contribution in [3.63, 3.8) is 0 Å². The Morgan fingerprint density at radius 1 is 1.27 bits per heavy atom. The highest BCUT2D eigenvalue weighted by atomic mass is 32.2. The molecule has 1 saturated heterocycles. The molecule has 0 radical (unpaired) electrons. The quantitative estimate of drug-likeness (QED) is 0.393. The van der Waals surface area contributed by atoms with Gasteiger partial charge in [0.25, 0.3) is 11.5 Å². The molecule has 5 rings (SSSR count). The van der Waals surface area contributed by atoms with E-state index in [9.17, 15) is 14.4 Å². The summed E-state index contributed by atoms with van der Waals surface area (Å²) in [6, 6.07) is 7.21. The van der Waals surface area contributed by atoms with E-state index in [0.717, 1.165) is 42.5 Å². The first-order valence-electron chi connectivity index (χ1n) is 11.0. The van der Waals surface area contributed by atoms with Crippen molar-refractivity contribution in [2.75, 3.05) is 17.7 Å². The van der Waals surface area contributed by atoms with Gasteiger partial charge in [0.05, 0.1) is 34.9 Å². The molecule has 2 aliphatic rings. The maximum absolute atomic E-state index is 13.2. The second kappa shape index (κ2) is 9.28. The number of nitrogens with two attached hydrogens (primary N) is 1. The van der Waals surface area contributed by atoms with Crippen molar-refractivity contribution in [3.05, 3.63) is 50.6 Å². The molecule has 33 heavy (non-hydrogen) atoms. The molecule has 10 heteroatoms. The Balaban J connectivity index is 1.37. The minimum absolute atomic E-state index is 0.0366. The summed E-state index contributed by atoms with van der Waals surface area (Å²) in [6.07, 6.45) is 4.54. The Hall–Kier alpha value is -2.69. The van der Waals surface area contributed by atoms with Crippen LogP contribution in [-0.4, -0.2) is 39.8 Å². The monoisotopic (exact) mass is 484 g/mol. The fraction of sp³-hybridized carbons (Fsp3) is 0.391. The number of anilines is 1. The molecule has 0 bridgehead atoms. The number of carbonyl (C=O) groups is 2. The Morgan fingerprint density at radius 3 is 2.91 bits per heavy atom. The van der Waals surface area contributed by atoms with E-state index in [1.54, 1.807) is 16.7 Å². The van der Waals surface area contributed by atoms with Gasteiger partial charge in [-0.25, -0.2) is 4.98 Å². The van der Waals surface area contributed by atoms with E-state index in [2.05, 4.69) is 10.3 Å². The predicted molar refractivity (Wildman–Crippen MR) is 129 cm³/mol. The molecule has 3 aromatic rings. The summed E-state index contributed by atoms with van der Waals surface area (Å²) in [5.41, 5.74) is 7.46. The first-order chi connectivity index (χ1) is 16.0. The molecular weight excluding hydrogens is 460 g/mol. The van der Waals surface area contributed by atoms with Gasteiger partial charge in [-0.3, -0.25) is 19.0 Å². The zero-order valence-electron chi connectivity index (χ0n) is 18.0. The molecular formula is C23H24N4O4S2. The number of primary amides is 1. The van der Waals surface area contributed by atoms with Gasteiger partial charge in [-0.15, -0.1) is 11.3 Å². The Morgan fingerprint density at radius 2 is 2.12 bits per heavy atom. The molecule has 2 amide bonds. The minimum atomic E-state index is -0.515. The molecule has 2 aromatic heterocycles. The topological polar surface area (TPSA) is 116 Å². The van der Waals surface area contributed by atoms with Crippen LogP contribution in [0.25, 0.3) is 10.9 Å². The van der Waals surface area contributed by atoms with E-state index < -0.39 is 5.91 Å². The van der Waals surface area contributed by atoms with Crippen molar-refractivity contribution in [1.29, 1.82) is 0 Å². The summed E-state index contributed by atoms with van der Waals surface area (Å²) in [5.74, 6) is -0.732. The number of aryl methyl sites for hydroxylation is 1. The molecule has 0 saturated carbocycles. The number of thioether (sulfide) groups is 1. The zero-order valence-corrected chi connectivity index (χ0v) is 19.6. The molecule has 172 valence electrons. The van der Waals surface area contributed by atoms with Gasteiger partial charge < -0.3 is 15.8 Å². The van der Waals surface area contributed by atoms with E-state index in [-0.39, 0.29) is 23.3 Å². The fourth-order valence-electron chi connectivity index (χ4n) is 4.46. The summed E-state index contributed by atoms with van der Waals surface area (Å²) in [4.78, 5) is 43.7. The molecule has 1 unspecified atom stereocenters. The SMILES string of the molecule is NC(=O)c1c(NC(=O)CSc2nc3ccccc3c(=O)n2CC2CCCO2)sc2c1CCC2. The summed E-state index contributed by atoms with van der Waals surface area (Å²) < 4.78 is 7.35. The highest BCUT2D eigenvalue weighted by molar-refractivity contribution is 7.99. The number of ether oxygens (including phenoxy) is 1. The van der Waals surface area contributed by atoms with Crippen LogP contribution in [0.4, 0.5) is 5.00 Å². The summed E-state index contributed by atoms with van der Waals surface area (Å²) in [7, 11) is 0. The van der Waals surface area contributed by atoms with Gasteiger partial charge in [-0.1, -0.05) is 23.9 Å². The number of nitrogens with one attached hydrogen (secondary N) is 1. The molecule has 0 spiro atoms. The lowest BCUT2D eigenvalue weighted by Crippen LogP contribution is -2.29. The largest absolute Gasteiger partial charge is 0.376 e. The lowest BCUT2D eigenvalue weighted by molar-refractivity contribution is -0.113. The maximum atomic E-state index is 13.2. The fourth-order valence-corrected chi connectivity index (χ4v) is 6.58. The molecule has 3 N–H and O–H groups in total. The van der Waals surface area contributed by atoms with E-state index >= 15 is 0 Å². The summed E-state index contributed by atoms with van der Waals surface area (Å²) in [5, 5.41) is 4.39. The van der Waals surface area contributed by atoms with Gasteiger partial charge in [0.2, 0.25) is 5.91 Å². The van der Waals surface area contributed by atoms with Gasteiger partial charge in [-0.05, 0) is 49.8 Å². The smallest absolute Gasteiger partial charge is 0.262 e. The molecule has 8 nitrogen and oxygen atoms in total. The number of rotatable bonds is 7. The number of para-hydroxylation sites is 1. The average Bonchev–Trinajstić information content (AvgIpc) is 3.52. The number of hydrogen-bond donors (Lipinski definition) is 2. The number of carbonyl (C=O) groups excluding carboxylic acids is 2. The van der Waals surface area contributed by atoms with Gasteiger partial charge in [0.1, 0.15) is 5.00 Å². The number of amides is 2. The van der Waals surface area contributed by atoms with Crippen molar-refractivity contribution in [3.8, 4) is 0 Å². The number of aromatic nitrogens is 2. The van der Waals surface area contributed by atoms with Crippen LogP contribution >= 0.6 is 23.1 Å². The van der Waals surface area contributed by atoms with Crippen molar-refractivity contribution < 1.29 is 14.3 Å². The third-order valence-corrected chi connectivity index (χ3v) is 8.17. The zero-order chi connectivity index (χ0) is 22.9. The first kappa shape index (κ1) is 22.1. The lowest BCUT2D eigenvalue weighted by atomic mass is 10.1. The minimum Gasteiger partial charge on any atom is -0.376 e. The van der Waals surface area contributed by atoms with Crippen LogP contribution in [-0.2, 0) is 28.9 Å². The number of nitrogens with zero attached hydrogens (tertiary/aromatic N) is 2. The Labute approximate surface area is 198 Å². The average molecular weight is 485 g/mol. The van der Waals surface area contributed by atoms with E-state index in [4.69, 9.17) is 10.5 Å². The molecule has 1 aliphatic heterocycles. The van der Waals surface area contributed by atoms with Crippen LogP contribution in [0.3, 0.4) is 0 Å². The molecule has 1 atom stereocenters. The molecule has 1 aromatic carbocycles. The number of thiophene rings is 1. The lowest BCUT2D eigenvalue weighted by Gasteiger charge is -2.16. The highest BCUT2D eigenvalue weighted by Crippen LogP contribution is 2.39. The van der Waals surface area contributed by atoms with Gasteiger partial charge in [-0.2, -0.15) is 0 Å². The summed E-state index contributed by atoms with van der Waals surface area (Å²) >= 11 is 2.63. The molecule has 3 heterocycles. The van der Waals surface area contributed by atoms with Crippen LogP contribution in [0.15, 0.2) is 34.2 Å².